The molecule has 0 atom stereocenters. The van der Waals surface area contributed by atoms with Gasteiger partial charge in [-0.3, -0.25) is 19.2 Å². The molecule has 1 aliphatic carbocycles. The van der Waals surface area contributed by atoms with Crippen LogP contribution in [0.25, 0.3) is 0 Å². The summed E-state index contributed by atoms with van der Waals surface area (Å²) in [7, 11) is 0. The molecular formula is C22H28N4O4. The van der Waals surface area contributed by atoms with Crippen molar-refractivity contribution in [2.45, 2.75) is 63.5 Å². The molecule has 1 fully saturated rings. The van der Waals surface area contributed by atoms with Gasteiger partial charge >= 0.3 is 0 Å². The average Bonchev–Trinajstić information content (AvgIpc) is 3.46. The molecule has 4 N–H and O–H groups in total. The molecular weight excluding hydrogens is 384 g/mol. The third kappa shape index (κ3) is 6.43. The monoisotopic (exact) mass is 412 g/mol. The number of aromatic amines is 2. The van der Waals surface area contributed by atoms with Crippen LogP contribution in [0.3, 0.4) is 0 Å². The molecule has 8 heteroatoms. The lowest BCUT2D eigenvalue weighted by Crippen LogP contribution is -2.43. The molecule has 0 aromatic carbocycles. The lowest BCUT2D eigenvalue weighted by molar-refractivity contribution is -0.123. The fourth-order valence-corrected chi connectivity index (χ4v) is 3.71. The molecule has 2 heterocycles. The highest BCUT2D eigenvalue weighted by molar-refractivity contribution is 5.97. The van der Waals surface area contributed by atoms with Crippen LogP contribution in [0.4, 0.5) is 0 Å². The second-order valence-electron chi connectivity index (χ2n) is 7.70. The topological polar surface area (TPSA) is 124 Å². The minimum absolute atomic E-state index is 0.0701. The summed E-state index contributed by atoms with van der Waals surface area (Å²) in [4.78, 5) is 53.8. The van der Waals surface area contributed by atoms with Gasteiger partial charge in [-0.25, -0.2) is 0 Å². The Kier molecular flexibility index (Phi) is 7.59. The van der Waals surface area contributed by atoms with Crippen LogP contribution in [0.2, 0.25) is 0 Å². The van der Waals surface area contributed by atoms with Crippen molar-refractivity contribution in [1.82, 2.24) is 20.6 Å². The number of rotatable bonds is 10. The quantitative estimate of drug-likeness (QED) is 0.448. The number of hydrogen-bond acceptors (Lipinski definition) is 4. The summed E-state index contributed by atoms with van der Waals surface area (Å²) in [6, 6.07) is 7.05. The standard InChI is InChI=1S/C22H28N4O4/c27-19(17-3-1-13-23-17)9-11-21(29)25-15-5-7-16(8-6-15)26-22(30)12-10-20(28)18-4-2-14-24-18/h1-4,13-16,23-24H,5-12H2,(H,25,29)(H,26,30). The molecule has 8 nitrogen and oxygen atoms in total. The normalized spacial score (nSPS) is 18.5. The van der Waals surface area contributed by atoms with E-state index in [1.165, 1.54) is 0 Å². The minimum Gasteiger partial charge on any atom is -0.359 e. The summed E-state index contributed by atoms with van der Waals surface area (Å²) in [5.41, 5.74) is 1.04. The van der Waals surface area contributed by atoms with E-state index < -0.39 is 0 Å². The second kappa shape index (κ2) is 10.6. The molecule has 0 saturated heterocycles. The van der Waals surface area contributed by atoms with Crippen molar-refractivity contribution >= 4 is 23.4 Å². The lowest BCUT2D eigenvalue weighted by atomic mass is 9.91. The Morgan fingerprint density at radius 1 is 0.700 bits per heavy atom. The number of ketones is 2. The highest BCUT2D eigenvalue weighted by Gasteiger charge is 2.24. The van der Waals surface area contributed by atoms with Crippen molar-refractivity contribution in [3.63, 3.8) is 0 Å². The van der Waals surface area contributed by atoms with Crippen LogP contribution in [0.1, 0.15) is 72.3 Å². The molecule has 2 amide bonds. The van der Waals surface area contributed by atoms with Gasteiger partial charge in [0.1, 0.15) is 0 Å². The number of hydrogen-bond donors (Lipinski definition) is 4. The lowest BCUT2D eigenvalue weighted by Gasteiger charge is -2.29. The number of carbonyl (C=O) groups excluding carboxylic acids is 4. The summed E-state index contributed by atoms with van der Waals surface area (Å²) in [6.07, 6.45) is 7.19. The minimum atomic E-state index is -0.120. The largest absolute Gasteiger partial charge is 0.359 e. The number of nitrogens with one attached hydrogen (secondary N) is 4. The van der Waals surface area contributed by atoms with Gasteiger partial charge in [-0.05, 0) is 49.9 Å². The highest BCUT2D eigenvalue weighted by atomic mass is 16.2. The number of aromatic nitrogens is 2. The van der Waals surface area contributed by atoms with E-state index in [9.17, 15) is 19.2 Å². The average molecular weight is 412 g/mol. The van der Waals surface area contributed by atoms with Gasteiger partial charge in [0.25, 0.3) is 0 Å². The predicted molar refractivity (Wildman–Crippen MR) is 111 cm³/mol. The number of carbonyl (C=O) groups is 4. The van der Waals surface area contributed by atoms with Gasteiger partial charge in [0, 0.05) is 50.2 Å². The molecule has 2 aromatic rings. The van der Waals surface area contributed by atoms with Crippen LogP contribution in [-0.4, -0.2) is 45.4 Å². The fraction of sp³-hybridized carbons (Fsp3) is 0.455. The molecule has 0 unspecified atom stereocenters. The van der Waals surface area contributed by atoms with Crippen molar-refractivity contribution in [2.24, 2.45) is 0 Å². The number of Topliss-reactive ketones (excluding diaryl/α,β-unsaturated/α-hetero) is 2. The molecule has 30 heavy (non-hydrogen) atoms. The molecule has 1 saturated carbocycles. The third-order valence-electron chi connectivity index (χ3n) is 5.41. The summed E-state index contributed by atoms with van der Waals surface area (Å²) in [5.74, 6) is -0.386. The smallest absolute Gasteiger partial charge is 0.220 e. The Hall–Kier alpha value is -3.16. The molecule has 2 aromatic heterocycles. The number of H-pyrrole nitrogens is 2. The van der Waals surface area contributed by atoms with Crippen molar-refractivity contribution in [3.8, 4) is 0 Å². The summed E-state index contributed by atoms with van der Waals surface area (Å²) >= 11 is 0. The van der Waals surface area contributed by atoms with Gasteiger partial charge < -0.3 is 20.6 Å². The fourth-order valence-electron chi connectivity index (χ4n) is 3.71. The molecule has 0 aliphatic heterocycles. The van der Waals surface area contributed by atoms with E-state index in [0.717, 1.165) is 25.7 Å². The number of amides is 2. The van der Waals surface area contributed by atoms with Gasteiger partial charge in [-0.1, -0.05) is 0 Å². The summed E-state index contributed by atoms with van der Waals surface area (Å²) in [5, 5.41) is 5.97. The first kappa shape index (κ1) is 21.5. The molecule has 1 aliphatic rings. The maximum Gasteiger partial charge on any atom is 0.220 e. The molecule has 0 radical (unpaired) electrons. The van der Waals surface area contributed by atoms with E-state index in [1.54, 1.807) is 36.7 Å². The Balaban J connectivity index is 1.29. The third-order valence-corrected chi connectivity index (χ3v) is 5.41. The van der Waals surface area contributed by atoms with Crippen LogP contribution >= 0.6 is 0 Å². The van der Waals surface area contributed by atoms with Gasteiger partial charge in [0.2, 0.25) is 11.8 Å². The SMILES string of the molecule is O=C(CCC(=O)c1ccc[nH]1)NC1CCC(NC(=O)CCC(=O)c2ccc[nH]2)CC1. The van der Waals surface area contributed by atoms with E-state index in [1.807, 2.05) is 0 Å². The molecule has 0 spiro atoms. The van der Waals surface area contributed by atoms with Crippen LogP contribution in [0.15, 0.2) is 36.7 Å². The Morgan fingerprint density at radius 3 is 1.43 bits per heavy atom. The van der Waals surface area contributed by atoms with Gasteiger partial charge in [-0.15, -0.1) is 0 Å². The van der Waals surface area contributed by atoms with Crippen LogP contribution < -0.4 is 10.6 Å². The van der Waals surface area contributed by atoms with Gasteiger partial charge in [0.05, 0.1) is 11.4 Å². The van der Waals surface area contributed by atoms with Crippen LogP contribution in [-0.2, 0) is 9.59 Å². The van der Waals surface area contributed by atoms with E-state index >= 15 is 0 Å². The maximum atomic E-state index is 12.1. The molecule has 160 valence electrons. The van der Waals surface area contributed by atoms with E-state index in [4.69, 9.17) is 0 Å². The van der Waals surface area contributed by atoms with E-state index in [0.29, 0.717) is 11.4 Å². The van der Waals surface area contributed by atoms with Crippen molar-refractivity contribution in [3.05, 3.63) is 48.0 Å². The van der Waals surface area contributed by atoms with E-state index in [2.05, 4.69) is 20.6 Å². The van der Waals surface area contributed by atoms with Gasteiger partial charge in [0.15, 0.2) is 11.6 Å². The summed E-state index contributed by atoms with van der Waals surface area (Å²) < 4.78 is 0. The zero-order valence-corrected chi connectivity index (χ0v) is 16.9. The zero-order chi connectivity index (χ0) is 21.3. The first-order valence-corrected chi connectivity index (χ1v) is 10.4. The van der Waals surface area contributed by atoms with E-state index in [-0.39, 0.29) is 61.1 Å². The van der Waals surface area contributed by atoms with Gasteiger partial charge in [-0.2, -0.15) is 0 Å². The summed E-state index contributed by atoms with van der Waals surface area (Å²) in [6.45, 7) is 0. The zero-order valence-electron chi connectivity index (χ0n) is 16.9. The van der Waals surface area contributed by atoms with Crippen molar-refractivity contribution in [1.29, 1.82) is 0 Å². The highest BCUT2D eigenvalue weighted by Crippen LogP contribution is 2.19. The Labute approximate surface area is 175 Å². The predicted octanol–water partition coefficient (Wildman–Crippen LogP) is 2.51. The maximum absolute atomic E-state index is 12.1. The first-order chi connectivity index (χ1) is 14.5. The van der Waals surface area contributed by atoms with Crippen LogP contribution in [0, 0.1) is 0 Å². The molecule has 3 rings (SSSR count). The second-order valence-corrected chi connectivity index (χ2v) is 7.70. The Bertz CT molecular complexity index is 778. The van der Waals surface area contributed by atoms with Crippen molar-refractivity contribution in [2.75, 3.05) is 0 Å². The first-order valence-electron chi connectivity index (χ1n) is 10.4. The Morgan fingerprint density at radius 2 is 1.10 bits per heavy atom. The van der Waals surface area contributed by atoms with Crippen molar-refractivity contribution < 1.29 is 19.2 Å². The molecule has 0 bridgehead atoms. The van der Waals surface area contributed by atoms with Crippen LogP contribution in [0.5, 0.6) is 0 Å².